The topological polar surface area (TPSA) is 210 Å². The van der Waals surface area contributed by atoms with E-state index in [2.05, 4.69) is 25.7 Å². The molecule has 0 spiro atoms. The molecule has 0 aliphatic carbocycles. The standard InChI is InChI=1S/C18H18N8O5S4/c19-4-5-32-17-23-24-18(35-17)34-8-6-33-15-11(14(28)26(15)12(8)16(29)30)22-13(27)10(25-31)7-2-1-3-9(20)21-7/h1-3,11,15,31H,4-6,19H2,(H2,20,21)(H,22,27)(H,29,30)/b25-10-/t11-,15+/m1/s1. The Bertz CT molecular complexity index is 1230. The molecule has 2 atom stereocenters. The Morgan fingerprint density at radius 3 is 2.77 bits per heavy atom. The van der Waals surface area contributed by atoms with Crippen molar-refractivity contribution in [3.8, 4) is 0 Å². The third kappa shape index (κ3) is 5.22. The van der Waals surface area contributed by atoms with Crippen molar-refractivity contribution in [1.82, 2.24) is 25.4 Å². The summed E-state index contributed by atoms with van der Waals surface area (Å²) in [5.74, 6) is -1.62. The number of pyridine rings is 1. The number of hydrogen-bond donors (Lipinski definition) is 5. The Labute approximate surface area is 214 Å². The van der Waals surface area contributed by atoms with Gasteiger partial charge in [0.2, 0.25) is 0 Å². The van der Waals surface area contributed by atoms with Gasteiger partial charge in [0.15, 0.2) is 14.4 Å². The lowest BCUT2D eigenvalue weighted by atomic mass is 10.0. The number of nitrogens with one attached hydrogen (secondary N) is 1. The van der Waals surface area contributed by atoms with Crippen molar-refractivity contribution >= 4 is 75.9 Å². The highest BCUT2D eigenvalue weighted by Crippen LogP contribution is 2.46. The average molecular weight is 555 g/mol. The molecule has 35 heavy (non-hydrogen) atoms. The van der Waals surface area contributed by atoms with Gasteiger partial charge >= 0.3 is 5.97 Å². The SMILES string of the molecule is NCCSc1nnc(SC2=C(C(=O)O)N3C(=O)[C@@H](NC(=O)/C(=N\O)c4cccc(N)n4)[C@@H]3SC2)s1. The highest BCUT2D eigenvalue weighted by atomic mass is 32.2. The van der Waals surface area contributed by atoms with Crippen LogP contribution in [0.3, 0.4) is 0 Å². The summed E-state index contributed by atoms with van der Waals surface area (Å²) in [6.45, 7) is 0.495. The summed E-state index contributed by atoms with van der Waals surface area (Å²) in [4.78, 5) is 43.2. The largest absolute Gasteiger partial charge is 0.477 e. The first kappa shape index (κ1) is 25.2. The Morgan fingerprint density at radius 1 is 1.31 bits per heavy atom. The highest BCUT2D eigenvalue weighted by molar-refractivity contribution is 8.07. The predicted octanol–water partition coefficient (Wildman–Crippen LogP) is 0.233. The van der Waals surface area contributed by atoms with Gasteiger partial charge in [-0.1, -0.05) is 46.1 Å². The van der Waals surface area contributed by atoms with Crippen LogP contribution in [-0.2, 0) is 14.4 Å². The summed E-state index contributed by atoms with van der Waals surface area (Å²) < 4.78 is 1.27. The lowest BCUT2D eigenvalue weighted by Gasteiger charge is -2.49. The number of nitrogens with zero attached hydrogens (tertiary/aromatic N) is 5. The molecule has 0 saturated carbocycles. The van der Waals surface area contributed by atoms with Crippen LogP contribution in [0.25, 0.3) is 0 Å². The maximum absolute atomic E-state index is 12.9. The fourth-order valence-electron chi connectivity index (χ4n) is 3.22. The number of β-lactam (4-membered cyclic amide) rings is 1. The number of carboxylic acids is 1. The number of carbonyl (C=O) groups excluding carboxylic acids is 2. The van der Waals surface area contributed by atoms with Crippen LogP contribution in [0, 0.1) is 0 Å². The number of anilines is 1. The molecule has 184 valence electrons. The molecule has 13 nitrogen and oxygen atoms in total. The van der Waals surface area contributed by atoms with Crippen molar-refractivity contribution < 1.29 is 24.7 Å². The molecule has 0 unspecified atom stereocenters. The van der Waals surface area contributed by atoms with Gasteiger partial charge in [0.05, 0.1) is 0 Å². The van der Waals surface area contributed by atoms with Crippen LogP contribution in [0.4, 0.5) is 5.82 Å². The minimum Gasteiger partial charge on any atom is -0.477 e. The molecule has 2 aromatic heterocycles. The molecule has 2 amide bonds. The summed E-state index contributed by atoms with van der Waals surface area (Å²) in [6.07, 6.45) is 0. The molecule has 2 aliphatic rings. The molecule has 2 aromatic rings. The highest BCUT2D eigenvalue weighted by Gasteiger charge is 2.54. The van der Waals surface area contributed by atoms with E-state index in [4.69, 9.17) is 11.5 Å². The maximum Gasteiger partial charge on any atom is 0.353 e. The Balaban J connectivity index is 1.49. The number of rotatable bonds is 9. The van der Waals surface area contributed by atoms with Crippen LogP contribution in [0.2, 0.25) is 0 Å². The summed E-state index contributed by atoms with van der Waals surface area (Å²) >= 11 is 5.21. The Hall–Kier alpha value is -2.86. The molecule has 7 N–H and O–H groups in total. The number of fused-ring (bicyclic) bond motifs is 1. The van der Waals surface area contributed by atoms with Crippen LogP contribution in [-0.4, -0.2) is 83.4 Å². The van der Waals surface area contributed by atoms with E-state index in [1.165, 1.54) is 53.1 Å². The van der Waals surface area contributed by atoms with Crippen molar-refractivity contribution in [2.75, 3.05) is 23.8 Å². The number of amides is 2. The van der Waals surface area contributed by atoms with E-state index in [1.54, 1.807) is 0 Å². The van der Waals surface area contributed by atoms with E-state index >= 15 is 0 Å². The zero-order valence-corrected chi connectivity index (χ0v) is 20.9. The van der Waals surface area contributed by atoms with Crippen LogP contribution in [0.15, 0.2) is 42.6 Å². The minimum absolute atomic E-state index is 0.0239. The lowest BCUT2D eigenvalue weighted by molar-refractivity contribution is -0.150. The van der Waals surface area contributed by atoms with Crippen molar-refractivity contribution in [2.24, 2.45) is 10.9 Å². The fraction of sp³-hybridized carbons (Fsp3) is 0.278. The van der Waals surface area contributed by atoms with Gasteiger partial charge in [-0.05, 0) is 12.1 Å². The smallest absolute Gasteiger partial charge is 0.353 e. The number of aromatic nitrogens is 3. The number of thioether (sulfide) groups is 3. The molecular formula is C18H18N8O5S4. The minimum atomic E-state index is -1.26. The molecule has 0 radical (unpaired) electrons. The zero-order valence-electron chi connectivity index (χ0n) is 17.7. The third-order valence-electron chi connectivity index (χ3n) is 4.69. The van der Waals surface area contributed by atoms with E-state index in [-0.39, 0.29) is 23.0 Å². The van der Waals surface area contributed by atoms with Crippen LogP contribution >= 0.6 is 46.6 Å². The third-order valence-corrected chi connectivity index (χ3v) is 9.38. The second-order valence-corrected chi connectivity index (χ2v) is 11.7. The molecule has 2 aliphatic heterocycles. The number of nitrogen functional groups attached to an aromatic ring is 1. The first-order valence-corrected chi connectivity index (χ1v) is 13.5. The predicted molar refractivity (Wildman–Crippen MR) is 132 cm³/mol. The second-order valence-electron chi connectivity index (χ2n) is 6.91. The van der Waals surface area contributed by atoms with Crippen LogP contribution < -0.4 is 16.8 Å². The zero-order chi connectivity index (χ0) is 25.1. The van der Waals surface area contributed by atoms with Gasteiger partial charge in [-0.25, -0.2) is 9.78 Å². The maximum atomic E-state index is 12.9. The van der Waals surface area contributed by atoms with Crippen LogP contribution in [0.5, 0.6) is 0 Å². The number of carbonyl (C=O) groups is 3. The van der Waals surface area contributed by atoms with Gasteiger partial charge in [0.1, 0.15) is 28.6 Å². The van der Waals surface area contributed by atoms with E-state index < -0.39 is 34.9 Å². The van der Waals surface area contributed by atoms with Gasteiger partial charge < -0.3 is 27.1 Å². The number of carboxylic acid groups (broad SMARTS) is 1. The summed E-state index contributed by atoms with van der Waals surface area (Å²) in [7, 11) is 0. The molecule has 0 aromatic carbocycles. The molecular weight excluding hydrogens is 537 g/mol. The molecule has 0 bridgehead atoms. The Kier molecular flexibility index (Phi) is 7.80. The molecule has 4 rings (SSSR count). The van der Waals surface area contributed by atoms with Crippen molar-refractivity contribution in [3.63, 3.8) is 0 Å². The van der Waals surface area contributed by atoms with E-state index in [0.717, 1.165) is 21.0 Å². The van der Waals surface area contributed by atoms with Gasteiger partial charge in [0.25, 0.3) is 11.8 Å². The van der Waals surface area contributed by atoms with Crippen molar-refractivity contribution in [1.29, 1.82) is 0 Å². The van der Waals surface area contributed by atoms with E-state index in [1.807, 2.05) is 0 Å². The molecule has 4 heterocycles. The van der Waals surface area contributed by atoms with Crippen molar-refractivity contribution in [3.05, 3.63) is 34.5 Å². The molecule has 1 saturated heterocycles. The monoisotopic (exact) mass is 554 g/mol. The molecule has 17 heteroatoms. The second kappa shape index (κ2) is 10.8. The normalized spacial score (nSPS) is 19.9. The van der Waals surface area contributed by atoms with Gasteiger partial charge in [-0.3, -0.25) is 14.5 Å². The average Bonchev–Trinajstić information content (AvgIpc) is 3.28. The van der Waals surface area contributed by atoms with Crippen LogP contribution in [0.1, 0.15) is 5.69 Å². The number of hydrogen-bond acceptors (Lipinski definition) is 14. The van der Waals surface area contributed by atoms with Gasteiger partial charge in [-0.15, -0.1) is 22.0 Å². The summed E-state index contributed by atoms with van der Waals surface area (Å²) in [5, 5.41) is 32.1. The summed E-state index contributed by atoms with van der Waals surface area (Å²) in [6, 6.07) is 3.45. The quantitative estimate of drug-likeness (QED) is 0.0925. The lowest BCUT2D eigenvalue weighted by Crippen LogP contribution is -2.71. The van der Waals surface area contributed by atoms with E-state index in [0.29, 0.717) is 21.5 Å². The van der Waals surface area contributed by atoms with Gasteiger partial charge in [0, 0.05) is 23.0 Å². The van der Waals surface area contributed by atoms with E-state index in [9.17, 15) is 24.7 Å². The molecule has 1 fully saturated rings. The number of aliphatic carboxylic acids is 1. The first-order chi connectivity index (χ1) is 16.8. The fourth-order valence-corrected chi connectivity index (χ4v) is 7.72. The summed E-state index contributed by atoms with van der Waals surface area (Å²) in [5.41, 5.74) is 10.6. The number of oxime groups is 1. The van der Waals surface area contributed by atoms with Crippen molar-refractivity contribution in [2.45, 2.75) is 20.1 Å². The van der Waals surface area contributed by atoms with Gasteiger partial charge in [-0.2, -0.15) is 0 Å². The number of nitrogens with two attached hydrogens (primary N) is 2. The first-order valence-electron chi connectivity index (χ1n) is 9.85. The Morgan fingerprint density at radius 2 is 2.09 bits per heavy atom.